The van der Waals surface area contributed by atoms with Gasteiger partial charge in [0, 0.05) is 0 Å². The van der Waals surface area contributed by atoms with Crippen molar-refractivity contribution in [2.24, 2.45) is 5.92 Å². The van der Waals surface area contributed by atoms with Gasteiger partial charge in [0.15, 0.2) is 0 Å². The van der Waals surface area contributed by atoms with Gasteiger partial charge in [0.25, 0.3) is 0 Å². The van der Waals surface area contributed by atoms with Crippen LogP contribution in [0.25, 0.3) is 0 Å². The van der Waals surface area contributed by atoms with Crippen LogP contribution >= 0.6 is 22.9 Å². The number of nitrogens with one attached hydrogen (secondary N) is 3. The molecule has 0 rings (SSSR count). The number of hydrogen-bond donors (Lipinski definition) is 3. The van der Waals surface area contributed by atoms with Crippen molar-refractivity contribution in [1.29, 1.82) is 0 Å². The molecule has 82 valence electrons. The van der Waals surface area contributed by atoms with Crippen molar-refractivity contribution in [2.45, 2.75) is 19.9 Å². The van der Waals surface area contributed by atoms with Crippen LogP contribution in [0.4, 0.5) is 0 Å². The summed E-state index contributed by atoms with van der Waals surface area (Å²) in [5, 5.41) is 5.44. The van der Waals surface area contributed by atoms with Crippen LogP contribution < -0.4 is 14.2 Å². The van der Waals surface area contributed by atoms with Gasteiger partial charge in [-0.2, -0.15) is 0 Å². The van der Waals surface area contributed by atoms with Crippen LogP contribution in [0.15, 0.2) is 0 Å². The monoisotopic (exact) mass is 313 g/mol. The van der Waals surface area contributed by atoms with Gasteiger partial charge in [-0.3, -0.25) is 13.1 Å². The summed E-state index contributed by atoms with van der Waals surface area (Å²) in [6, 6.07) is -0.253. The van der Waals surface area contributed by atoms with Crippen molar-refractivity contribution in [1.82, 2.24) is 14.2 Å². The fourth-order valence-corrected chi connectivity index (χ4v) is 1.27. The minimum absolute atomic E-state index is 0.0205. The highest BCUT2D eigenvalue weighted by Crippen LogP contribution is 2.00. The van der Waals surface area contributed by atoms with Gasteiger partial charge < -0.3 is 10.6 Å². The summed E-state index contributed by atoms with van der Waals surface area (Å²) in [6.07, 6.45) is 0. The standard InChI is InChI=1S/C8H16IN3O2/c1-5(2)7(10-3)8(14)11-4-6(13)12-9/h5,7,10H,4H2,1-3H3,(H,11,14)(H,12,13)/t7-/m0/s1. The maximum absolute atomic E-state index is 11.5. The van der Waals surface area contributed by atoms with Crippen LogP contribution in [0.3, 0.4) is 0 Å². The first-order valence-electron chi connectivity index (χ1n) is 4.37. The minimum atomic E-state index is -0.253. The SMILES string of the molecule is CN[C@H](C(=O)NCC(=O)NI)C(C)C. The van der Waals surface area contributed by atoms with Crippen LogP contribution in [0.2, 0.25) is 0 Å². The number of likely N-dealkylation sites (N-methyl/N-ethyl adjacent to an activating group) is 1. The van der Waals surface area contributed by atoms with E-state index in [0.717, 1.165) is 0 Å². The number of carbonyl (C=O) groups is 2. The molecule has 2 amide bonds. The Bertz CT molecular complexity index is 209. The van der Waals surface area contributed by atoms with E-state index in [1.165, 1.54) is 0 Å². The molecule has 0 saturated carbocycles. The Morgan fingerprint density at radius 1 is 1.36 bits per heavy atom. The average molecular weight is 313 g/mol. The van der Waals surface area contributed by atoms with Gasteiger partial charge >= 0.3 is 0 Å². The molecule has 0 aliphatic rings. The van der Waals surface area contributed by atoms with E-state index in [1.807, 2.05) is 13.8 Å². The van der Waals surface area contributed by atoms with Crippen molar-refractivity contribution in [3.63, 3.8) is 0 Å². The van der Waals surface area contributed by atoms with Crippen LogP contribution in [0.5, 0.6) is 0 Å². The second-order valence-corrected chi connectivity index (χ2v) is 3.79. The first-order valence-corrected chi connectivity index (χ1v) is 5.45. The van der Waals surface area contributed by atoms with Gasteiger partial charge in [-0.15, -0.1) is 0 Å². The van der Waals surface area contributed by atoms with Crippen molar-refractivity contribution < 1.29 is 9.59 Å². The third-order valence-corrected chi connectivity index (χ3v) is 2.39. The minimum Gasteiger partial charge on any atom is -0.346 e. The predicted octanol–water partition coefficient (Wildman–Crippen LogP) is -0.187. The number of carbonyl (C=O) groups excluding carboxylic acids is 2. The van der Waals surface area contributed by atoms with Crippen LogP contribution in [-0.4, -0.2) is 31.4 Å². The maximum atomic E-state index is 11.5. The van der Waals surface area contributed by atoms with Crippen LogP contribution in [0.1, 0.15) is 13.8 Å². The Hall–Kier alpha value is -0.370. The Balaban J connectivity index is 3.99. The molecule has 14 heavy (non-hydrogen) atoms. The molecule has 0 fully saturated rings. The molecule has 6 heteroatoms. The zero-order valence-electron chi connectivity index (χ0n) is 8.56. The fraction of sp³-hybridized carbons (Fsp3) is 0.750. The Morgan fingerprint density at radius 2 is 1.93 bits per heavy atom. The molecule has 5 nitrogen and oxygen atoms in total. The van der Waals surface area contributed by atoms with Gasteiger partial charge in [0.05, 0.1) is 35.5 Å². The topological polar surface area (TPSA) is 70.2 Å². The first kappa shape index (κ1) is 13.6. The lowest BCUT2D eigenvalue weighted by Gasteiger charge is -2.18. The summed E-state index contributed by atoms with van der Waals surface area (Å²) < 4.78 is 2.40. The van der Waals surface area contributed by atoms with E-state index in [0.29, 0.717) is 0 Å². The molecule has 1 atom stereocenters. The molecule has 0 aromatic carbocycles. The average Bonchev–Trinajstić information content (AvgIpc) is 2.14. The lowest BCUT2D eigenvalue weighted by atomic mass is 10.0. The summed E-state index contributed by atoms with van der Waals surface area (Å²) >= 11 is 1.73. The Labute approximate surface area is 97.9 Å². The van der Waals surface area contributed by atoms with Crippen molar-refractivity contribution in [3.8, 4) is 0 Å². The van der Waals surface area contributed by atoms with Gasteiger partial charge in [0.2, 0.25) is 11.8 Å². The van der Waals surface area contributed by atoms with E-state index >= 15 is 0 Å². The highest BCUT2D eigenvalue weighted by Gasteiger charge is 2.19. The molecule has 0 heterocycles. The van der Waals surface area contributed by atoms with Crippen LogP contribution in [0, 0.1) is 5.92 Å². The summed E-state index contributed by atoms with van der Waals surface area (Å²) in [5.74, 6) is -0.164. The summed E-state index contributed by atoms with van der Waals surface area (Å²) in [6.45, 7) is 3.91. The zero-order valence-corrected chi connectivity index (χ0v) is 10.7. The molecule has 0 radical (unpaired) electrons. The van der Waals surface area contributed by atoms with E-state index < -0.39 is 0 Å². The van der Waals surface area contributed by atoms with Gasteiger partial charge in [-0.05, 0) is 13.0 Å². The second-order valence-electron chi connectivity index (χ2n) is 3.25. The molecule has 0 aromatic heterocycles. The summed E-state index contributed by atoms with van der Waals surface area (Å²) in [5.41, 5.74) is 0. The smallest absolute Gasteiger partial charge is 0.247 e. The van der Waals surface area contributed by atoms with E-state index in [1.54, 1.807) is 29.9 Å². The second kappa shape index (κ2) is 6.99. The van der Waals surface area contributed by atoms with Gasteiger partial charge in [-0.25, -0.2) is 0 Å². The summed E-state index contributed by atoms with van der Waals surface area (Å²) in [4.78, 5) is 22.3. The van der Waals surface area contributed by atoms with Crippen LogP contribution in [-0.2, 0) is 9.59 Å². The predicted molar refractivity (Wildman–Crippen MR) is 62.9 cm³/mol. The van der Waals surface area contributed by atoms with E-state index in [2.05, 4.69) is 14.2 Å². The quantitative estimate of drug-likeness (QED) is 0.487. The molecule has 0 bridgehead atoms. The first-order chi connectivity index (χ1) is 6.52. The molecular weight excluding hydrogens is 297 g/mol. The molecule has 0 aromatic rings. The van der Waals surface area contributed by atoms with E-state index in [4.69, 9.17) is 0 Å². The van der Waals surface area contributed by atoms with E-state index in [9.17, 15) is 9.59 Å². The molecular formula is C8H16IN3O2. The molecule has 0 spiro atoms. The zero-order chi connectivity index (χ0) is 11.1. The third kappa shape index (κ3) is 4.75. The molecule has 0 unspecified atom stereocenters. The number of halogens is 1. The Kier molecular flexibility index (Phi) is 6.81. The van der Waals surface area contributed by atoms with Crippen molar-refractivity contribution in [3.05, 3.63) is 0 Å². The number of hydrogen-bond acceptors (Lipinski definition) is 3. The number of rotatable bonds is 5. The highest BCUT2D eigenvalue weighted by atomic mass is 127. The molecule has 0 aliphatic heterocycles. The van der Waals surface area contributed by atoms with Gasteiger partial charge in [0.1, 0.15) is 0 Å². The highest BCUT2D eigenvalue weighted by molar-refractivity contribution is 14.1. The molecule has 3 N–H and O–H groups in total. The molecule has 0 saturated heterocycles. The Morgan fingerprint density at radius 3 is 2.29 bits per heavy atom. The lowest BCUT2D eigenvalue weighted by Crippen LogP contribution is -2.47. The lowest BCUT2D eigenvalue weighted by molar-refractivity contribution is -0.127. The normalized spacial score (nSPS) is 12.4. The largest absolute Gasteiger partial charge is 0.346 e. The van der Waals surface area contributed by atoms with E-state index in [-0.39, 0.29) is 30.3 Å². The fourth-order valence-electron chi connectivity index (χ4n) is 1.08. The molecule has 0 aliphatic carbocycles. The van der Waals surface area contributed by atoms with Crippen molar-refractivity contribution in [2.75, 3.05) is 13.6 Å². The maximum Gasteiger partial charge on any atom is 0.247 e. The third-order valence-electron chi connectivity index (χ3n) is 1.79. The summed E-state index contributed by atoms with van der Waals surface area (Å²) in [7, 11) is 1.72. The number of amides is 2. The van der Waals surface area contributed by atoms with Gasteiger partial charge in [-0.1, -0.05) is 13.8 Å². The van der Waals surface area contributed by atoms with Crippen molar-refractivity contribution >= 4 is 34.7 Å².